The number of hydrogen-bond donors (Lipinski definition) is 1. The van der Waals surface area contributed by atoms with E-state index in [1.807, 2.05) is 24.3 Å². The number of fused-ring (bicyclic) bond motifs is 1. The summed E-state index contributed by atoms with van der Waals surface area (Å²) in [4.78, 5) is 24.5. The number of nitrogens with zero attached hydrogens (tertiary/aromatic N) is 1. The minimum Gasteiger partial charge on any atom is -0.497 e. The van der Waals surface area contributed by atoms with Gasteiger partial charge in [0.15, 0.2) is 0 Å². The van der Waals surface area contributed by atoms with Gasteiger partial charge in [0.1, 0.15) is 17.4 Å². The molecule has 0 bridgehead atoms. The number of non-ortho nitro benzene ring substituents is 1. The van der Waals surface area contributed by atoms with Crippen molar-refractivity contribution in [1.29, 1.82) is 0 Å². The Labute approximate surface area is 143 Å². The zero-order valence-corrected chi connectivity index (χ0v) is 13.7. The summed E-state index contributed by atoms with van der Waals surface area (Å²) in [6.07, 6.45) is 1.10. The van der Waals surface area contributed by atoms with Crippen molar-refractivity contribution in [3.05, 3.63) is 58.3 Å². The number of aromatic amines is 1. The van der Waals surface area contributed by atoms with E-state index in [2.05, 4.69) is 4.98 Å². The highest BCUT2D eigenvalue weighted by atomic mass is 16.6. The lowest BCUT2D eigenvalue weighted by Gasteiger charge is -2.12. The summed E-state index contributed by atoms with van der Waals surface area (Å²) in [6.45, 7) is 2.08. The highest BCUT2D eigenvalue weighted by molar-refractivity contribution is 6.02. The molecule has 25 heavy (non-hydrogen) atoms. The van der Waals surface area contributed by atoms with Crippen LogP contribution in [-0.2, 0) is 9.53 Å². The predicted octanol–water partition coefficient (Wildman–Crippen LogP) is 3.99. The third kappa shape index (κ3) is 2.91. The lowest BCUT2D eigenvalue weighted by atomic mass is 9.97. The van der Waals surface area contributed by atoms with E-state index in [0.29, 0.717) is 28.7 Å². The number of nitro benzene ring substituents is 1. The molecular weight excluding hydrogens is 324 g/mol. The molecule has 0 fully saturated rings. The lowest BCUT2D eigenvalue weighted by Crippen LogP contribution is -1.98. The molecule has 0 aliphatic heterocycles. The smallest absolute Gasteiger partial charge is 0.293 e. The van der Waals surface area contributed by atoms with E-state index < -0.39 is 11.0 Å². The van der Waals surface area contributed by atoms with Crippen LogP contribution in [0.5, 0.6) is 5.75 Å². The summed E-state index contributed by atoms with van der Waals surface area (Å²) in [5, 5.41) is 12.0. The fraction of sp³-hybridized carbons (Fsp3) is 0.167. The second kappa shape index (κ2) is 6.64. The summed E-state index contributed by atoms with van der Waals surface area (Å²) in [5.41, 5.74) is 2.73. The highest BCUT2D eigenvalue weighted by Crippen LogP contribution is 2.39. The number of nitro groups is 1. The Morgan fingerprint density at radius 2 is 1.92 bits per heavy atom. The zero-order valence-electron chi connectivity index (χ0n) is 13.7. The number of methoxy groups -OCH3 is 1. The Balaban J connectivity index is 2.26. The molecule has 0 spiro atoms. The molecule has 0 saturated carbocycles. The molecule has 0 radical (unpaired) electrons. The van der Waals surface area contributed by atoms with Gasteiger partial charge >= 0.3 is 0 Å². The summed E-state index contributed by atoms with van der Waals surface area (Å²) in [5.74, 6) is 0.717. The Kier molecular flexibility index (Phi) is 4.38. The Morgan fingerprint density at radius 1 is 1.20 bits per heavy atom. The summed E-state index contributed by atoms with van der Waals surface area (Å²) in [7, 11) is 1.59. The molecule has 1 aromatic heterocycles. The van der Waals surface area contributed by atoms with Crippen LogP contribution in [0.2, 0.25) is 0 Å². The molecule has 0 aliphatic rings. The van der Waals surface area contributed by atoms with Crippen molar-refractivity contribution in [2.24, 2.45) is 0 Å². The molecule has 7 heteroatoms. The van der Waals surface area contributed by atoms with Gasteiger partial charge in [0.25, 0.3) is 12.2 Å². The van der Waals surface area contributed by atoms with Gasteiger partial charge in [-0.15, -0.1) is 0 Å². The zero-order chi connectivity index (χ0) is 18.0. The number of nitrogens with one attached hydrogen (secondary N) is 1. The summed E-state index contributed by atoms with van der Waals surface area (Å²) >= 11 is 0. The largest absolute Gasteiger partial charge is 0.497 e. The van der Waals surface area contributed by atoms with Crippen LogP contribution in [0.4, 0.5) is 5.69 Å². The maximum atomic E-state index is 11.3. The van der Waals surface area contributed by atoms with Gasteiger partial charge in [-0.05, 0) is 36.2 Å². The van der Waals surface area contributed by atoms with Crippen molar-refractivity contribution in [1.82, 2.24) is 4.98 Å². The standard InChI is InChI=1S/C18H16N2O5/c1-11(25-10-21)15-9-19-18-16(20(22)23)8-7-14(17(15)18)12-3-5-13(24-2)6-4-12/h3-11,19H,1-2H3. The molecule has 0 saturated heterocycles. The van der Waals surface area contributed by atoms with E-state index in [1.54, 1.807) is 26.3 Å². The quantitative estimate of drug-likeness (QED) is 0.416. The van der Waals surface area contributed by atoms with Gasteiger partial charge in [0.2, 0.25) is 0 Å². The van der Waals surface area contributed by atoms with Crippen LogP contribution < -0.4 is 4.74 Å². The maximum absolute atomic E-state index is 11.3. The Hall–Kier alpha value is -3.35. The molecule has 128 valence electrons. The van der Waals surface area contributed by atoms with Crippen LogP contribution >= 0.6 is 0 Å². The first-order chi connectivity index (χ1) is 12.1. The fourth-order valence-corrected chi connectivity index (χ4v) is 2.90. The van der Waals surface area contributed by atoms with Crippen molar-refractivity contribution >= 4 is 23.1 Å². The van der Waals surface area contributed by atoms with Gasteiger partial charge in [0, 0.05) is 23.2 Å². The average molecular weight is 340 g/mol. The molecule has 1 heterocycles. The van der Waals surface area contributed by atoms with Gasteiger partial charge < -0.3 is 14.5 Å². The molecular formula is C18H16N2O5. The van der Waals surface area contributed by atoms with Gasteiger partial charge in [-0.1, -0.05) is 12.1 Å². The van der Waals surface area contributed by atoms with E-state index in [4.69, 9.17) is 9.47 Å². The number of carbonyl (C=O) groups is 1. The molecule has 1 unspecified atom stereocenters. The molecule has 2 aromatic carbocycles. The minimum atomic E-state index is -0.537. The summed E-state index contributed by atoms with van der Waals surface area (Å²) < 4.78 is 10.2. The average Bonchev–Trinajstić information content (AvgIpc) is 3.06. The minimum absolute atomic E-state index is 0.0307. The highest BCUT2D eigenvalue weighted by Gasteiger charge is 2.22. The van der Waals surface area contributed by atoms with E-state index in [1.165, 1.54) is 6.07 Å². The second-order valence-corrected chi connectivity index (χ2v) is 5.49. The number of hydrogen-bond acceptors (Lipinski definition) is 5. The SMILES string of the molecule is COc1ccc(-c2ccc([N+](=O)[O-])c3[nH]cc(C(C)OC=O)c23)cc1. The first-order valence-corrected chi connectivity index (χ1v) is 7.58. The van der Waals surface area contributed by atoms with Crippen LogP contribution in [0, 0.1) is 10.1 Å². The second-order valence-electron chi connectivity index (χ2n) is 5.49. The first-order valence-electron chi connectivity index (χ1n) is 7.58. The van der Waals surface area contributed by atoms with Gasteiger partial charge in [0.05, 0.1) is 12.0 Å². The van der Waals surface area contributed by atoms with Gasteiger partial charge in [-0.2, -0.15) is 0 Å². The number of rotatable bonds is 6. The van der Waals surface area contributed by atoms with Crippen LogP contribution in [0.15, 0.2) is 42.6 Å². The molecule has 0 aliphatic carbocycles. The van der Waals surface area contributed by atoms with Crippen molar-refractivity contribution in [2.75, 3.05) is 7.11 Å². The Morgan fingerprint density at radius 3 is 2.52 bits per heavy atom. The number of benzene rings is 2. The summed E-state index contributed by atoms with van der Waals surface area (Å²) in [6, 6.07) is 10.6. The van der Waals surface area contributed by atoms with Crippen LogP contribution in [0.25, 0.3) is 22.0 Å². The van der Waals surface area contributed by atoms with Gasteiger partial charge in [-0.3, -0.25) is 14.9 Å². The van der Waals surface area contributed by atoms with E-state index >= 15 is 0 Å². The van der Waals surface area contributed by atoms with Crippen LogP contribution in [0.3, 0.4) is 0 Å². The molecule has 3 rings (SSSR count). The third-order valence-corrected chi connectivity index (χ3v) is 4.14. The number of aromatic nitrogens is 1. The molecule has 7 nitrogen and oxygen atoms in total. The van der Waals surface area contributed by atoms with E-state index in [0.717, 1.165) is 11.1 Å². The first kappa shape index (κ1) is 16.5. The molecule has 3 aromatic rings. The van der Waals surface area contributed by atoms with Crippen molar-refractivity contribution in [2.45, 2.75) is 13.0 Å². The van der Waals surface area contributed by atoms with Crippen molar-refractivity contribution in [3.8, 4) is 16.9 Å². The van der Waals surface area contributed by atoms with Crippen LogP contribution in [-0.4, -0.2) is 23.5 Å². The van der Waals surface area contributed by atoms with E-state index in [9.17, 15) is 14.9 Å². The number of H-pyrrole nitrogens is 1. The third-order valence-electron chi connectivity index (χ3n) is 4.14. The van der Waals surface area contributed by atoms with Gasteiger partial charge in [-0.25, -0.2) is 0 Å². The molecule has 0 amide bonds. The molecule has 1 atom stereocenters. The lowest BCUT2D eigenvalue weighted by molar-refractivity contribution is -0.383. The molecule has 1 N–H and O–H groups in total. The van der Waals surface area contributed by atoms with Crippen molar-refractivity contribution < 1.29 is 19.2 Å². The topological polar surface area (TPSA) is 94.5 Å². The normalized spacial score (nSPS) is 11.9. The van der Waals surface area contributed by atoms with Crippen LogP contribution in [0.1, 0.15) is 18.6 Å². The number of carbonyl (C=O) groups excluding carboxylic acids is 1. The Bertz CT molecular complexity index is 931. The number of ether oxygens (including phenoxy) is 2. The maximum Gasteiger partial charge on any atom is 0.293 e. The van der Waals surface area contributed by atoms with E-state index in [-0.39, 0.29) is 5.69 Å². The predicted molar refractivity (Wildman–Crippen MR) is 92.5 cm³/mol. The van der Waals surface area contributed by atoms with Crippen molar-refractivity contribution in [3.63, 3.8) is 0 Å². The fourth-order valence-electron chi connectivity index (χ4n) is 2.90. The monoisotopic (exact) mass is 340 g/mol.